The summed E-state index contributed by atoms with van der Waals surface area (Å²) >= 11 is 1.49. The molecule has 0 aromatic carbocycles. The van der Waals surface area contributed by atoms with Crippen molar-refractivity contribution in [1.29, 1.82) is 0 Å². The van der Waals surface area contributed by atoms with E-state index < -0.39 is 0 Å². The van der Waals surface area contributed by atoms with Gasteiger partial charge in [0.2, 0.25) is 0 Å². The average molecular weight is 248 g/mol. The standard InChI is InChI=1S/C13H16N2OS/c1-5-9-10-7(2)6-8(3)15-13(10)17-11(9)12(16)14-4/h6H,5H2,1-4H3,(H,14,16). The zero-order valence-corrected chi connectivity index (χ0v) is 11.4. The summed E-state index contributed by atoms with van der Waals surface area (Å²) in [5.74, 6) is -0.0121. The molecule has 0 bridgehead atoms. The Morgan fingerprint density at radius 3 is 2.76 bits per heavy atom. The second-order valence-corrected chi connectivity index (χ2v) is 5.10. The Labute approximate surface area is 105 Å². The third-order valence-corrected chi connectivity index (χ3v) is 4.00. The van der Waals surface area contributed by atoms with Gasteiger partial charge in [-0.05, 0) is 37.5 Å². The molecule has 0 aliphatic rings. The molecular weight excluding hydrogens is 232 g/mol. The molecule has 0 saturated carbocycles. The van der Waals surface area contributed by atoms with Crippen LogP contribution >= 0.6 is 11.3 Å². The van der Waals surface area contributed by atoms with Crippen molar-refractivity contribution in [3.8, 4) is 0 Å². The number of pyridine rings is 1. The molecule has 0 unspecified atom stereocenters. The molecule has 2 rings (SSSR count). The highest BCUT2D eigenvalue weighted by atomic mass is 32.1. The lowest BCUT2D eigenvalue weighted by atomic mass is 10.1. The predicted octanol–water partition coefficient (Wildman–Crippen LogP) is 2.84. The molecule has 0 fully saturated rings. The Bertz CT molecular complexity index is 587. The number of aryl methyl sites for hydroxylation is 3. The van der Waals surface area contributed by atoms with Crippen LogP contribution in [0.3, 0.4) is 0 Å². The number of nitrogens with one attached hydrogen (secondary N) is 1. The molecule has 0 radical (unpaired) electrons. The molecule has 1 N–H and O–H groups in total. The molecule has 2 aromatic heterocycles. The van der Waals surface area contributed by atoms with Gasteiger partial charge in [0.25, 0.3) is 5.91 Å². The van der Waals surface area contributed by atoms with Crippen LogP contribution in [0.25, 0.3) is 10.2 Å². The minimum absolute atomic E-state index is 0.0121. The van der Waals surface area contributed by atoms with Crippen LogP contribution in [0.2, 0.25) is 0 Å². The largest absolute Gasteiger partial charge is 0.354 e. The smallest absolute Gasteiger partial charge is 0.261 e. The Balaban J connectivity index is 2.80. The maximum Gasteiger partial charge on any atom is 0.261 e. The molecule has 2 aromatic rings. The highest BCUT2D eigenvalue weighted by Gasteiger charge is 2.18. The van der Waals surface area contributed by atoms with E-state index in [9.17, 15) is 4.79 Å². The Morgan fingerprint density at radius 1 is 1.47 bits per heavy atom. The highest BCUT2D eigenvalue weighted by molar-refractivity contribution is 7.20. The fourth-order valence-corrected chi connectivity index (χ4v) is 3.48. The number of aromatic nitrogens is 1. The zero-order valence-electron chi connectivity index (χ0n) is 10.5. The number of rotatable bonds is 2. The molecule has 0 aliphatic heterocycles. The van der Waals surface area contributed by atoms with Gasteiger partial charge < -0.3 is 5.32 Å². The van der Waals surface area contributed by atoms with Gasteiger partial charge in [-0.15, -0.1) is 11.3 Å². The van der Waals surface area contributed by atoms with Crippen LogP contribution in [-0.2, 0) is 6.42 Å². The molecule has 4 heteroatoms. The third kappa shape index (κ3) is 1.93. The lowest BCUT2D eigenvalue weighted by Crippen LogP contribution is -2.17. The Kier molecular flexibility index (Phi) is 3.15. The van der Waals surface area contributed by atoms with E-state index in [1.54, 1.807) is 7.05 Å². The van der Waals surface area contributed by atoms with E-state index in [0.29, 0.717) is 0 Å². The highest BCUT2D eigenvalue weighted by Crippen LogP contribution is 2.33. The van der Waals surface area contributed by atoms with Crippen LogP contribution in [0, 0.1) is 13.8 Å². The first-order valence-corrected chi connectivity index (χ1v) is 6.51. The average Bonchev–Trinajstić information content (AvgIpc) is 2.66. The number of carbonyl (C=O) groups is 1. The summed E-state index contributed by atoms with van der Waals surface area (Å²) in [7, 11) is 1.66. The Morgan fingerprint density at radius 2 is 2.18 bits per heavy atom. The Hall–Kier alpha value is -1.42. The van der Waals surface area contributed by atoms with Gasteiger partial charge in [0.05, 0.1) is 4.88 Å². The monoisotopic (exact) mass is 248 g/mol. The number of thiophene rings is 1. The first-order valence-electron chi connectivity index (χ1n) is 5.70. The van der Waals surface area contributed by atoms with E-state index in [2.05, 4.69) is 30.2 Å². The normalized spacial score (nSPS) is 10.8. The van der Waals surface area contributed by atoms with Crippen molar-refractivity contribution in [2.75, 3.05) is 7.05 Å². The predicted molar refractivity (Wildman–Crippen MR) is 71.9 cm³/mol. The van der Waals surface area contributed by atoms with Gasteiger partial charge in [-0.25, -0.2) is 4.98 Å². The minimum atomic E-state index is -0.0121. The van der Waals surface area contributed by atoms with E-state index in [1.165, 1.54) is 16.9 Å². The molecule has 0 aliphatic carbocycles. The molecule has 3 nitrogen and oxygen atoms in total. The first-order chi connectivity index (χ1) is 8.08. The van der Waals surface area contributed by atoms with Crippen molar-refractivity contribution in [1.82, 2.24) is 10.3 Å². The second-order valence-electron chi connectivity index (χ2n) is 4.10. The minimum Gasteiger partial charge on any atom is -0.354 e. The fourth-order valence-electron chi connectivity index (χ4n) is 2.15. The fraction of sp³-hybridized carbons (Fsp3) is 0.385. The summed E-state index contributed by atoms with van der Waals surface area (Å²) < 4.78 is 0. The van der Waals surface area contributed by atoms with E-state index >= 15 is 0 Å². The molecule has 1 amide bonds. The van der Waals surface area contributed by atoms with Gasteiger partial charge in [0.15, 0.2) is 0 Å². The van der Waals surface area contributed by atoms with Crippen LogP contribution in [0.15, 0.2) is 6.07 Å². The van der Waals surface area contributed by atoms with E-state index in [4.69, 9.17) is 0 Å². The molecule has 0 saturated heterocycles. The van der Waals surface area contributed by atoms with Crippen molar-refractivity contribution in [2.24, 2.45) is 0 Å². The summed E-state index contributed by atoms with van der Waals surface area (Å²) in [5.41, 5.74) is 3.33. The maximum absolute atomic E-state index is 11.8. The number of nitrogens with zero attached hydrogens (tertiary/aromatic N) is 1. The van der Waals surface area contributed by atoms with Gasteiger partial charge >= 0.3 is 0 Å². The van der Waals surface area contributed by atoms with Crippen LogP contribution < -0.4 is 5.32 Å². The van der Waals surface area contributed by atoms with E-state index in [0.717, 1.165) is 32.8 Å². The SMILES string of the molecule is CCc1c(C(=O)NC)sc2nc(C)cc(C)c12. The second kappa shape index (κ2) is 4.45. The van der Waals surface area contributed by atoms with Crippen LogP contribution in [0.1, 0.15) is 33.4 Å². The van der Waals surface area contributed by atoms with Crippen molar-refractivity contribution < 1.29 is 4.79 Å². The number of hydrogen-bond acceptors (Lipinski definition) is 3. The quantitative estimate of drug-likeness (QED) is 0.888. The van der Waals surface area contributed by atoms with Gasteiger partial charge in [-0.3, -0.25) is 4.79 Å². The lowest BCUT2D eigenvalue weighted by Gasteiger charge is -2.02. The van der Waals surface area contributed by atoms with Crippen molar-refractivity contribution in [3.05, 3.63) is 27.8 Å². The molecule has 0 atom stereocenters. The van der Waals surface area contributed by atoms with Gasteiger partial charge in [-0.1, -0.05) is 6.92 Å². The lowest BCUT2D eigenvalue weighted by molar-refractivity contribution is 0.0966. The van der Waals surface area contributed by atoms with Crippen LogP contribution in [0.5, 0.6) is 0 Å². The summed E-state index contributed by atoms with van der Waals surface area (Å²) in [5, 5.41) is 3.85. The van der Waals surface area contributed by atoms with Crippen molar-refractivity contribution >= 4 is 27.5 Å². The number of carbonyl (C=O) groups excluding carboxylic acids is 1. The first kappa shape index (κ1) is 12.0. The number of fused-ring (bicyclic) bond motifs is 1. The number of amides is 1. The van der Waals surface area contributed by atoms with E-state index in [1.807, 2.05) is 6.92 Å². The maximum atomic E-state index is 11.8. The molecule has 0 spiro atoms. The molecule has 90 valence electrons. The molecular formula is C13H16N2OS. The number of hydrogen-bond donors (Lipinski definition) is 1. The van der Waals surface area contributed by atoms with Gasteiger partial charge in [0, 0.05) is 18.1 Å². The summed E-state index contributed by atoms with van der Waals surface area (Å²) in [6.45, 7) is 6.14. The van der Waals surface area contributed by atoms with Gasteiger partial charge in [-0.2, -0.15) is 0 Å². The van der Waals surface area contributed by atoms with E-state index in [-0.39, 0.29) is 5.91 Å². The van der Waals surface area contributed by atoms with Crippen molar-refractivity contribution in [2.45, 2.75) is 27.2 Å². The molecule has 17 heavy (non-hydrogen) atoms. The summed E-state index contributed by atoms with van der Waals surface area (Å²) in [6, 6.07) is 2.07. The van der Waals surface area contributed by atoms with Crippen LogP contribution in [0.4, 0.5) is 0 Å². The van der Waals surface area contributed by atoms with Crippen molar-refractivity contribution in [3.63, 3.8) is 0 Å². The third-order valence-electron chi connectivity index (χ3n) is 2.87. The van der Waals surface area contributed by atoms with Crippen LogP contribution in [-0.4, -0.2) is 17.9 Å². The molecule has 2 heterocycles. The summed E-state index contributed by atoms with van der Waals surface area (Å²) in [6.07, 6.45) is 0.855. The van der Waals surface area contributed by atoms with Gasteiger partial charge in [0.1, 0.15) is 4.83 Å². The zero-order chi connectivity index (χ0) is 12.6. The summed E-state index contributed by atoms with van der Waals surface area (Å²) in [4.78, 5) is 18.1. The topological polar surface area (TPSA) is 42.0 Å².